The van der Waals surface area contributed by atoms with E-state index in [2.05, 4.69) is 20.4 Å². The fourth-order valence-corrected chi connectivity index (χ4v) is 4.00. The number of carbonyl (C=O) groups is 1. The third-order valence-corrected chi connectivity index (χ3v) is 5.59. The van der Waals surface area contributed by atoms with Crippen molar-refractivity contribution < 1.29 is 23.2 Å². The van der Waals surface area contributed by atoms with Crippen LogP contribution >= 0.6 is 0 Å². The number of hydrogen-bond acceptors (Lipinski definition) is 7. The predicted octanol–water partition coefficient (Wildman–Crippen LogP) is 3.17. The van der Waals surface area contributed by atoms with Crippen molar-refractivity contribution in [3.63, 3.8) is 0 Å². The van der Waals surface area contributed by atoms with E-state index >= 15 is 0 Å². The summed E-state index contributed by atoms with van der Waals surface area (Å²) in [7, 11) is 0. The lowest BCUT2D eigenvalue weighted by Gasteiger charge is -2.38. The Morgan fingerprint density at radius 2 is 2.06 bits per heavy atom. The van der Waals surface area contributed by atoms with Crippen molar-refractivity contribution in [1.29, 1.82) is 0 Å². The number of aromatic nitrogens is 2. The van der Waals surface area contributed by atoms with Crippen molar-refractivity contribution in [1.82, 2.24) is 10.1 Å². The van der Waals surface area contributed by atoms with E-state index in [0.717, 1.165) is 16.8 Å². The SMILES string of the molecule is Cc1noc(C[C@@H]2COc3cc(F)ccc3N2Cc2ccc3c(c2C)NC(=O)CO3)n1. The first-order valence-electron chi connectivity index (χ1n) is 10.0. The smallest absolute Gasteiger partial charge is 0.262 e. The second-order valence-corrected chi connectivity index (χ2v) is 7.70. The number of amides is 1. The van der Waals surface area contributed by atoms with Crippen molar-refractivity contribution in [2.45, 2.75) is 32.9 Å². The summed E-state index contributed by atoms with van der Waals surface area (Å²) in [5, 5.41) is 6.76. The molecule has 0 bridgehead atoms. The number of anilines is 2. The Morgan fingerprint density at radius 3 is 2.87 bits per heavy atom. The number of nitrogens with one attached hydrogen (secondary N) is 1. The predicted molar refractivity (Wildman–Crippen MR) is 110 cm³/mol. The number of hydrogen-bond donors (Lipinski definition) is 1. The largest absolute Gasteiger partial charge is 0.489 e. The molecule has 0 unspecified atom stereocenters. The van der Waals surface area contributed by atoms with Crippen molar-refractivity contribution in [3.05, 3.63) is 59.0 Å². The topological polar surface area (TPSA) is 89.7 Å². The van der Waals surface area contributed by atoms with Gasteiger partial charge in [-0.1, -0.05) is 11.2 Å². The zero-order valence-electron chi connectivity index (χ0n) is 17.1. The molecule has 8 nitrogen and oxygen atoms in total. The molecular formula is C22H21FN4O4. The number of halogens is 1. The van der Waals surface area contributed by atoms with Gasteiger partial charge in [0.25, 0.3) is 5.91 Å². The minimum atomic E-state index is -0.352. The van der Waals surface area contributed by atoms with Gasteiger partial charge in [-0.05, 0) is 43.2 Å². The molecule has 160 valence electrons. The molecule has 0 aliphatic carbocycles. The monoisotopic (exact) mass is 424 g/mol. The Bertz CT molecular complexity index is 1160. The molecule has 0 spiro atoms. The maximum absolute atomic E-state index is 13.8. The second kappa shape index (κ2) is 7.57. The van der Waals surface area contributed by atoms with Crippen LogP contribution in [0.15, 0.2) is 34.9 Å². The fourth-order valence-electron chi connectivity index (χ4n) is 4.00. The van der Waals surface area contributed by atoms with Gasteiger partial charge in [-0.2, -0.15) is 4.98 Å². The Hall–Kier alpha value is -3.62. The van der Waals surface area contributed by atoms with E-state index in [1.54, 1.807) is 13.0 Å². The minimum absolute atomic E-state index is 0.0138. The first-order chi connectivity index (χ1) is 15.0. The number of ether oxygens (including phenoxy) is 2. The normalized spacial score (nSPS) is 17.3. The van der Waals surface area contributed by atoms with Crippen LogP contribution in [0.5, 0.6) is 11.5 Å². The van der Waals surface area contributed by atoms with Gasteiger partial charge in [0, 0.05) is 12.6 Å². The van der Waals surface area contributed by atoms with Gasteiger partial charge in [0.15, 0.2) is 12.4 Å². The van der Waals surface area contributed by atoms with Crippen LogP contribution in [0.25, 0.3) is 0 Å². The highest BCUT2D eigenvalue weighted by Gasteiger charge is 2.31. The molecule has 5 rings (SSSR count). The standard InChI is InChI=1S/C22H21FN4O4/c1-12-14(3-6-18-22(12)25-20(28)11-30-18)9-27-16(8-21-24-13(2)26-31-21)10-29-19-7-15(23)4-5-17(19)27/h3-7,16H,8-11H2,1-2H3,(H,25,28)/t16-/m1/s1. The molecule has 2 aromatic carbocycles. The molecule has 9 heteroatoms. The lowest BCUT2D eigenvalue weighted by molar-refractivity contribution is -0.118. The molecule has 0 saturated heterocycles. The van der Waals surface area contributed by atoms with E-state index in [1.807, 2.05) is 19.1 Å². The average molecular weight is 424 g/mol. The van der Waals surface area contributed by atoms with Crippen LogP contribution in [0.4, 0.5) is 15.8 Å². The zero-order valence-corrected chi connectivity index (χ0v) is 17.1. The van der Waals surface area contributed by atoms with Crippen molar-refractivity contribution in [3.8, 4) is 11.5 Å². The summed E-state index contributed by atoms with van der Waals surface area (Å²) in [4.78, 5) is 18.3. The highest BCUT2D eigenvalue weighted by molar-refractivity contribution is 5.96. The van der Waals surface area contributed by atoms with E-state index in [4.69, 9.17) is 14.0 Å². The quantitative estimate of drug-likeness (QED) is 0.688. The van der Waals surface area contributed by atoms with Crippen LogP contribution in [0.2, 0.25) is 0 Å². The molecular weight excluding hydrogens is 403 g/mol. The van der Waals surface area contributed by atoms with Gasteiger partial charge >= 0.3 is 0 Å². The number of aryl methyl sites for hydroxylation is 1. The maximum Gasteiger partial charge on any atom is 0.262 e. The van der Waals surface area contributed by atoms with Crippen LogP contribution < -0.4 is 19.7 Å². The van der Waals surface area contributed by atoms with Crippen LogP contribution in [0, 0.1) is 19.7 Å². The van der Waals surface area contributed by atoms with Crippen LogP contribution in [0.1, 0.15) is 22.8 Å². The molecule has 2 aliphatic heterocycles. The first kappa shape index (κ1) is 19.3. The van der Waals surface area contributed by atoms with Gasteiger partial charge in [0.1, 0.15) is 23.9 Å². The molecule has 0 saturated carbocycles. The lowest BCUT2D eigenvalue weighted by Crippen LogP contribution is -2.44. The number of carbonyl (C=O) groups excluding carboxylic acids is 1. The van der Waals surface area contributed by atoms with E-state index < -0.39 is 0 Å². The third kappa shape index (κ3) is 3.67. The van der Waals surface area contributed by atoms with Crippen molar-refractivity contribution in [2.75, 3.05) is 23.4 Å². The summed E-state index contributed by atoms with van der Waals surface area (Å²) in [5.74, 6) is 1.71. The number of rotatable bonds is 4. The summed E-state index contributed by atoms with van der Waals surface area (Å²) in [6, 6.07) is 8.27. The Balaban J connectivity index is 1.50. The zero-order chi connectivity index (χ0) is 21.5. The Morgan fingerprint density at radius 1 is 1.19 bits per heavy atom. The van der Waals surface area contributed by atoms with E-state index in [-0.39, 0.29) is 24.4 Å². The van der Waals surface area contributed by atoms with Crippen LogP contribution in [0.3, 0.4) is 0 Å². The summed E-state index contributed by atoms with van der Waals surface area (Å²) < 4.78 is 30.5. The molecule has 0 radical (unpaired) electrons. The first-order valence-corrected chi connectivity index (χ1v) is 10.0. The van der Waals surface area contributed by atoms with E-state index in [9.17, 15) is 9.18 Å². The number of fused-ring (bicyclic) bond motifs is 2. The number of nitrogens with zero attached hydrogens (tertiary/aromatic N) is 3. The second-order valence-electron chi connectivity index (χ2n) is 7.70. The molecule has 1 aromatic heterocycles. The lowest BCUT2D eigenvalue weighted by atomic mass is 10.0. The molecule has 2 aliphatic rings. The summed E-state index contributed by atoms with van der Waals surface area (Å²) >= 11 is 0. The van der Waals surface area contributed by atoms with Gasteiger partial charge in [0.2, 0.25) is 5.89 Å². The van der Waals surface area contributed by atoms with E-state index in [1.165, 1.54) is 12.1 Å². The van der Waals surface area contributed by atoms with Crippen LogP contribution in [-0.2, 0) is 17.8 Å². The minimum Gasteiger partial charge on any atom is -0.489 e. The third-order valence-electron chi connectivity index (χ3n) is 5.59. The van der Waals surface area contributed by atoms with Gasteiger partial charge in [-0.3, -0.25) is 4.79 Å². The highest BCUT2D eigenvalue weighted by Crippen LogP contribution is 2.39. The summed E-state index contributed by atoms with van der Waals surface area (Å²) in [6.45, 7) is 4.61. The molecule has 1 amide bonds. The van der Waals surface area contributed by atoms with E-state index in [0.29, 0.717) is 48.5 Å². The Labute approximate surface area is 178 Å². The maximum atomic E-state index is 13.8. The van der Waals surface area contributed by atoms with Crippen LogP contribution in [-0.4, -0.2) is 35.3 Å². The van der Waals surface area contributed by atoms with Gasteiger partial charge in [-0.15, -0.1) is 0 Å². The highest BCUT2D eigenvalue weighted by atomic mass is 19.1. The molecule has 3 aromatic rings. The molecule has 31 heavy (non-hydrogen) atoms. The van der Waals surface area contributed by atoms with Gasteiger partial charge in [-0.25, -0.2) is 4.39 Å². The Kier molecular flexibility index (Phi) is 4.72. The van der Waals surface area contributed by atoms with Gasteiger partial charge < -0.3 is 24.2 Å². The number of benzene rings is 2. The molecule has 0 fully saturated rings. The summed E-state index contributed by atoms with van der Waals surface area (Å²) in [6.07, 6.45) is 0.488. The van der Waals surface area contributed by atoms with Gasteiger partial charge in [0.05, 0.1) is 23.8 Å². The fraction of sp³-hybridized carbons (Fsp3) is 0.318. The molecule has 3 heterocycles. The summed E-state index contributed by atoms with van der Waals surface area (Å²) in [5.41, 5.74) is 3.40. The van der Waals surface area contributed by atoms with Crippen molar-refractivity contribution >= 4 is 17.3 Å². The average Bonchev–Trinajstić information content (AvgIpc) is 3.16. The molecule has 1 N–H and O–H groups in total. The van der Waals surface area contributed by atoms with Crippen molar-refractivity contribution in [2.24, 2.45) is 0 Å². The molecule has 1 atom stereocenters.